The molecular weight excluding hydrogens is 286 g/mol. The molecule has 2 N–H and O–H groups in total. The van der Waals surface area contributed by atoms with Gasteiger partial charge in [0, 0.05) is 16.7 Å². The van der Waals surface area contributed by atoms with E-state index in [2.05, 4.69) is 19.9 Å². The number of hydrogen-bond acceptors (Lipinski definition) is 5. The van der Waals surface area contributed by atoms with Crippen molar-refractivity contribution in [1.29, 1.82) is 0 Å². The number of nitrogens with two attached hydrogens (primary N) is 1. The largest absolute Gasteiger partial charge is 0.482 e. The number of thioether (sulfide) groups is 1. The van der Waals surface area contributed by atoms with E-state index in [-0.39, 0.29) is 12.6 Å². The van der Waals surface area contributed by atoms with Gasteiger partial charge in [-0.25, -0.2) is 4.79 Å². The standard InChI is InChI=1S/C16H25NO3S/c1-5-19-16(18)10-20-14-7-6-13(8-12(14)4)21-15(9-17)11(2)3/h6-8,11,15H,5,9-10,17H2,1-4H3. The van der Waals surface area contributed by atoms with Crippen LogP contribution in [0.3, 0.4) is 0 Å². The summed E-state index contributed by atoms with van der Waals surface area (Å²) in [4.78, 5) is 12.5. The van der Waals surface area contributed by atoms with Crippen molar-refractivity contribution in [2.45, 2.75) is 37.8 Å². The molecule has 21 heavy (non-hydrogen) atoms. The lowest BCUT2D eigenvalue weighted by Gasteiger charge is -2.19. The molecule has 0 amide bonds. The number of hydrogen-bond donors (Lipinski definition) is 1. The molecule has 1 atom stereocenters. The van der Waals surface area contributed by atoms with Gasteiger partial charge in [0.05, 0.1) is 6.61 Å². The van der Waals surface area contributed by atoms with Gasteiger partial charge in [-0.15, -0.1) is 11.8 Å². The second-order valence-corrected chi connectivity index (χ2v) is 6.47. The number of ether oxygens (including phenoxy) is 2. The fourth-order valence-corrected chi connectivity index (χ4v) is 2.94. The molecule has 1 rings (SSSR count). The van der Waals surface area contributed by atoms with Crippen LogP contribution in [0.25, 0.3) is 0 Å². The Bertz CT molecular complexity index is 463. The van der Waals surface area contributed by atoms with Crippen molar-refractivity contribution < 1.29 is 14.3 Å². The predicted molar refractivity (Wildman–Crippen MR) is 86.8 cm³/mol. The summed E-state index contributed by atoms with van der Waals surface area (Å²) in [7, 11) is 0. The van der Waals surface area contributed by atoms with Gasteiger partial charge in [-0.2, -0.15) is 0 Å². The molecule has 0 aliphatic rings. The maximum absolute atomic E-state index is 11.3. The van der Waals surface area contributed by atoms with E-state index in [1.807, 2.05) is 19.1 Å². The Hall–Kier alpha value is -1.20. The van der Waals surface area contributed by atoms with Gasteiger partial charge >= 0.3 is 5.97 Å². The van der Waals surface area contributed by atoms with Crippen molar-refractivity contribution in [2.75, 3.05) is 19.8 Å². The van der Waals surface area contributed by atoms with Crippen LogP contribution in [0, 0.1) is 12.8 Å². The molecule has 5 heteroatoms. The fourth-order valence-electron chi connectivity index (χ4n) is 1.83. The van der Waals surface area contributed by atoms with E-state index in [4.69, 9.17) is 15.2 Å². The molecule has 0 aromatic heterocycles. The molecule has 0 saturated heterocycles. The van der Waals surface area contributed by atoms with Crippen LogP contribution in [0.2, 0.25) is 0 Å². The molecule has 0 aliphatic heterocycles. The van der Waals surface area contributed by atoms with Gasteiger partial charge in [-0.3, -0.25) is 0 Å². The average molecular weight is 311 g/mol. The Kier molecular flexibility index (Phi) is 7.61. The average Bonchev–Trinajstić information content (AvgIpc) is 2.43. The molecule has 0 radical (unpaired) electrons. The van der Waals surface area contributed by atoms with Gasteiger partial charge < -0.3 is 15.2 Å². The molecule has 0 spiro atoms. The first-order valence-corrected chi connectivity index (χ1v) is 8.11. The molecule has 4 nitrogen and oxygen atoms in total. The maximum Gasteiger partial charge on any atom is 0.344 e. The minimum atomic E-state index is -0.349. The van der Waals surface area contributed by atoms with E-state index >= 15 is 0 Å². The lowest BCUT2D eigenvalue weighted by Crippen LogP contribution is -2.22. The molecule has 0 heterocycles. The molecule has 1 aromatic rings. The van der Waals surface area contributed by atoms with Gasteiger partial charge in [-0.05, 0) is 43.5 Å². The Labute approximate surface area is 131 Å². The van der Waals surface area contributed by atoms with Crippen LogP contribution in [0.1, 0.15) is 26.3 Å². The van der Waals surface area contributed by atoms with Gasteiger partial charge in [0.25, 0.3) is 0 Å². The summed E-state index contributed by atoms with van der Waals surface area (Å²) < 4.78 is 10.3. The third-order valence-corrected chi connectivity index (χ3v) is 4.63. The Morgan fingerprint density at radius 1 is 1.38 bits per heavy atom. The second kappa shape index (κ2) is 8.95. The number of esters is 1. The monoisotopic (exact) mass is 311 g/mol. The Morgan fingerprint density at radius 2 is 2.10 bits per heavy atom. The highest BCUT2D eigenvalue weighted by atomic mass is 32.2. The Balaban J connectivity index is 2.65. The van der Waals surface area contributed by atoms with Crippen molar-refractivity contribution in [2.24, 2.45) is 11.7 Å². The van der Waals surface area contributed by atoms with E-state index in [0.717, 1.165) is 5.56 Å². The number of carbonyl (C=O) groups is 1. The van der Waals surface area contributed by atoms with Crippen LogP contribution in [-0.4, -0.2) is 31.0 Å². The van der Waals surface area contributed by atoms with Crippen LogP contribution in [-0.2, 0) is 9.53 Å². The number of benzene rings is 1. The summed E-state index contributed by atoms with van der Waals surface area (Å²) in [6.45, 7) is 9.06. The van der Waals surface area contributed by atoms with Crippen LogP contribution in [0.5, 0.6) is 5.75 Å². The molecule has 0 bridgehead atoms. The van der Waals surface area contributed by atoms with Gasteiger partial charge in [0.15, 0.2) is 6.61 Å². The van der Waals surface area contributed by atoms with Crippen molar-refractivity contribution in [3.8, 4) is 5.75 Å². The van der Waals surface area contributed by atoms with Crippen LogP contribution >= 0.6 is 11.8 Å². The second-order valence-electron chi connectivity index (χ2n) is 5.16. The van der Waals surface area contributed by atoms with E-state index in [1.165, 1.54) is 4.90 Å². The summed E-state index contributed by atoms with van der Waals surface area (Å²) in [6.07, 6.45) is 0. The Morgan fingerprint density at radius 3 is 2.62 bits per heavy atom. The van der Waals surface area contributed by atoms with E-state index in [0.29, 0.717) is 30.1 Å². The van der Waals surface area contributed by atoms with Gasteiger partial charge in [-0.1, -0.05) is 13.8 Å². The quantitative estimate of drug-likeness (QED) is 0.590. The first-order chi connectivity index (χ1) is 9.97. The zero-order valence-electron chi connectivity index (χ0n) is 13.2. The molecule has 1 aromatic carbocycles. The topological polar surface area (TPSA) is 61.5 Å². The fraction of sp³-hybridized carbons (Fsp3) is 0.562. The van der Waals surface area contributed by atoms with E-state index in [1.54, 1.807) is 18.7 Å². The lowest BCUT2D eigenvalue weighted by atomic mass is 10.1. The van der Waals surface area contributed by atoms with Crippen molar-refractivity contribution in [1.82, 2.24) is 0 Å². The maximum atomic E-state index is 11.3. The zero-order chi connectivity index (χ0) is 15.8. The first kappa shape index (κ1) is 17.9. The highest BCUT2D eigenvalue weighted by Gasteiger charge is 2.14. The minimum Gasteiger partial charge on any atom is -0.482 e. The third-order valence-electron chi connectivity index (χ3n) is 3.06. The normalized spacial score (nSPS) is 12.3. The molecule has 118 valence electrons. The van der Waals surface area contributed by atoms with E-state index in [9.17, 15) is 4.79 Å². The minimum absolute atomic E-state index is 0.0570. The highest BCUT2D eigenvalue weighted by molar-refractivity contribution is 8.00. The predicted octanol–water partition coefficient (Wildman–Crippen LogP) is 3.01. The SMILES string of the molecule is CCOC(=O)COc1ccc(SC(CN)C(C)C)cc1C. The lowest BCUT2D eigenvalue weighted by molar-refractivity contribution is -0.145. The van der Waals surface area contributed by atoms with Crippen molar-refractivity contribution in [3.63, 3.8) is 0 Å². The summed E-state index contributed by atoms with van der Waals surface area (Å²) in [5.41, 5.74) is 6.81. The highest BCUT2D eigenvalue weighted by Crippen LogP contribution is 2.30. The third kappa shape index (κ3) is 5.98. The number of rotatable bonds is 8. The summed E-state index contributed by atoms with van der Waals surface area (Å²) >= 11 is 1.78. The molecule has 1 unspecified atom stereocenters. The summed E-state index contributed by atoms with van der Waals surface area (Å²) in [6, 6.07) is 5.96. The van der Waals surface area contributed by atoms with Gasteiger partial charge in [0.1, 0.15) is 5.75 Å². The smallest absolute Gasteiger partial charge is 0.344 e. The first-order valence-electron chi connectivity index (χ1n) is 7.23. The molecule has 0 saturated carbocycles. The molecule has 0 fully saturated rings. The van der Waals surface area contributed by atoms with Crippen molar-refractivity contribution in [3.05, 3.63) is 23.8 Å². The van der Waals surface area contributed by atoms with Crippen LogP contribution in [0.4, 0.5) is 0 Å². The van der Waals surface area contributed by atoms with Crippen molar-refractivity contribution >= 4 is 17.7 Å². The summed E-state index contributed by atoms with van der Waals surface area (Å²) in [5.74, 6) is 0.889. The van der Waals surface area contributed by atoms with Crippen LogP contribution in [0.15, 0.2) is 23.1 Å². The van der Waals surface area contributed by atoms with Gasteiger partial charge in [0.2, 0.25) is 0 Å². The zero-order valence-corrected chi connectivity index (χ0v) is 14.0. The number of aryl methyl sites for hydroxylation is 1. The van der Waals surface area contributed by atoms with Crippen LogP contribution < -0.4 is 10.5 Å². The molecule has 0 aliphatic carbocycles. The molecular formula is C16H25NO3S. The summed E-state index contributed by atoms with van der Waals surface area (Å²) in [5, 5.41) is 0.399. The number of carbonyl (C=O) groups excluding carboxylic acids is 1. The van der Waals surface area contributed by atoms with E-state index < -0.39 is 0 Å².